The van der Waals surface area contributed by atoms with E-state index in [9.17, 15) is 4.79 Å². The second kappa shape index (κ2) is 3.67. The van der Waals surface area contributed by atoms with Crippen molar-refractivity contribution >= 4 is 17.6 Å². The van der Waals surface area contributed by atoms with Crippen LogP contribution < -0.4 is 0 Å². The van der Waals surface area contributed by atoms with Gasteiger partial charge in [-0.15, -0.1) is 11.3 Å². The predicted molar refractivity (Wildman–Crippen MR) is 55.5 cm³/mol. The first-order valence-electron chi connectivity index (χ1n) is 4.13. The molecule has 0 spiro atoms. The van der Waals surface area contributed by atoms with Gasteiger partial charge in [0.2, 0.25) is 0 Å². The number of thiazole rings is 1. The van der Waals surface area contributed by atoms with E-state index in [1.54, 1.807) is 29.8 Å². The molecule has 0 atom stereocenters. The maximum absolute atomic E-state index is 10.4. The molecule has 70 valence electrons. The molecule has 0 fully saturated rings. The van der Waals surface area contributed by atoms with Crippen LogP contribution in [0.2, 0.25) is 0 Å². The summed E-state index contributed by atoms with van der Waals surface area (Å²) in [6.07, 6.45) is 4.15. The van der Waals surface area contributed by atoms with Gasteiger partial charge < -0.3 is 0 Å². The van der Waals surface area contributed by atoms with Crippen molar-refractivity contribution in [2.75, 3.05) is 0 Å². The molecule has 0 aromatic carbocycles. The Morgan fingerprint density at radius 2 is 2.14 bits per heavy atom. The molecule has 0 radical (unpaired) electrons. The molecule has 2 aromatic rings. The lowest BCUT2D eigenvalue weighted by molar-refractivity contribution is 0.112. The molecular formula is C10H8N2OS. The Balaban J connectivity index is 2.38. The highest BCUT2D eigenvalue weighted by molar-refractivity contribution is 7.15. The second-order valence-corrected chi connectivity index (χ2v) is 4.07. The van der Waals surface area contributed by atoms with Crippen molar-refractivity contribution in [1.29, 1.82) is 0 Å². The van der Waals surface area contributed by atoms with Gasteiger partial charge in [0.1, 0.15) is 0 Å². The molecule has 0 amide bonds. The standard InChI is InChI=1S/C10H8N2OS/c1-7-11-5-10(14-7)9-3-2-8(6-13)4-12-9/h2-6H,1H3. The SMILES string of the molecule is Cc1ncc(-c2ccc(C=O)cn2)s1. The summed E-state index contributed by atoms with van der Waals surface area (Å²) >= 11 is 1.59. The van der Waals surface area contributed by atoms with E-state index in [0.717, 1.165) is 21.9 Å². The number of nitrogens with zero attached hydrogens (tertiary/aromatic N) is 2. The van der Waals surface area contributed by atoms with Crippen molar-refractivity contribution in [3.8, 4) is 10.6 Å². The first-order chi connectivity index (χ1) is 6.79. The van der Waals surface area contributed by atoms with Gasteiger partial charge in [0.15, 0.2) is 6.29 Å². The average molecular weight is 204 g/mol. The molecule has 0 saturated heterocycles. The van der Waals surface area contributed by atoms with Crippen LogP contribution in [0.4, 0.5) is 0 Å². The minimum Gasteiger partial charge on any atom is -0.298 e. The van der Waals surface area contributed by atoms with Crippen LogP contribution in [0.3, 0.4) is 0 Å². The van der Waals surface area contributed by atoms with E-state index in [-0.39, 0.29) is 0 Å². The zero-order valence-corrected chi connectivity index (χ0v) is 8.41. The summed E-state index contributed by atoms with van der Waals surface area (Å²) in [7, 11) is 0. The quantitative estimate of drug-likeness (QED) is 0.705. The molecule has 14 heavy (non-hydrogen) atoms. The number of carbonyl (C=O) groups excluding carboxylic acids is 1. The Hall–Kier alpha value is -1.55. The molecule has 0 aliphatic carbocycles. The number of hydrogen-bond donors (Lipinski definition) is 0. The van der Waals surface area contributed by atoms with E-state index in [1.807, 2.05) is 13.0 Å². The molecule has 2 heterocycles. The third kappa shape index (κ3) is 1.70. The fourth-order valence-electron chi connectivity index (χ4n) is 1.10. The minimum absolute atomic E-state index is 0.593. The fourth-order valence-corrected chi connectivity index (χ4v) is 1.85. The van der Waals surface area contributed by atoms with Crippen molar-refractivity contribution in [1.82, 2.24) is 9.97 Å². The van der Waals surface area contributed by atoms with Crippen molar-refractivity contribution in [3.05, 3.63) is 35.1 Å². The van der Waals surface area contributed by atoms with Crippen LogP contribution in [0.25, 0.3) is 10.6 Å². The van der Waals surface area contributed by atoms with Crippen LogP contribution in [0, 0.1) is 6.92 Å². The largest absolute Gasteiger partial charge is 0.298 e. The van der Waals surface area contributed by atoms with E-state index < -0.39 is 0 Å². The second-order valence-electron chi connectivity index (χ2n) is 2.84. The summed E-state index contributed by atoms with van der Waals surface area (Å²) in [4.78, 5) is 19.8. The number of aldehydes is 1. The predicted octanol–water partition coefficient (Wildman–Crippen LogP) is 2.33. The van der Waals surface area contributed by atoms with Crippen molar-refractivity contribution in [3.63, 3.8) is 0 Å². The lowest BCUT2D eigenvalue weighted by atomic mass is 10.2. The molecule has 0 bridgehead atoms. The van der Waals surface area contributed by atoms with Gasteiger partial charge in [-0.2, -0.15) is 0 Å². The average Bonchev–Trinajstić information content (AvgIpc) is 2.65. The maximum Gasteiger partial charge on any atom is 0.151 e. The summed E-state index contributed by atoms with van der Waals surface area (Å²) in [5.41, 5.74) is 1.45. The van der Waals surface area contributed by atoms with Gasteiger partial charge in [-0.25, -0.2) is 4.98 Å². The fraction of sp³-hybridized carbons (Fsp3) is 0.100. The summed E-state index contributed by atoms with van der Waals surface area (Å²) in [5.74, 6) is 0. The number of aromatic nitrogens is 2. The highest BCUT2D eigenvalue weighted by Crippen LogP contribution is 2.23. The first kappa shape index (κ1) is 9.02. The summed E-state index contributed by atoms with van der Waals surface area (Å²) in [5, 5.41) is 1.02. The van der Waals surface area contributed by atoms with Gasteiger partial charge in [-0.1, -0.05) is 0 Å². The van der Waals surface area contributed by atoms with Crippen LogP contribution in [-0.4, -0.2) is 16.3 Å². The van der Waals surface area contributed by atoms with Crippen LogP contribution >= 0.6 is 11.3 Å². The maximum atomic E-state index is 10.4. The molecule has 3 nitrogen and oxygen atoms in total. The Kier molecular flexibility index (Phi) is 2.37. The molecule has 0 aliphatic rings. The summed E-state index contributed by atoms with van der Waals surface area (Å²) in [6.45, 7) is 1.95. The van der Waals surface area contributed by atoms with Crippen LogP contribution in [0.5, 0.6) is 0 Å². The zero-order valence-electron chi connectivity index (χ0n) is 7.60. The first-order valence-corrected chi connectivity index (χ1v) is 4.95. The highest BCUT2D eigenvalue weighted by atomic mass is 32.1. The normalized spacial score (nSPS) is 10.1. The molecule has 0 aliphatic heterocycles. The van der Waals surface area contributed by atoms with E-state index in [0.29, 0.717) is 5.56 Å². The molecular weight excluding hydrogens is 196 g/mol. The summed E-state index contributed by atoms with van der Waals surface area (Å²) < 4.78 is 0. The van der Waals surface area contributed by atoms with E-state index in [1.165, 1.54) is 0 Å². The van der Waals surface area contributed by atoms with Crippen molar-refractivity contribution in [2.24, 2.45) is 0 Å². The topological polar surface area (TPSA) is 42.9 Å². The third-order valence-electron chi connectivity index (χ3n) is 1.80. The van der Waals surface area contributed by atoms with E-state index in [4.69, 9.17) is 0 Å². The van der Waals surface area contributed by atoms with Crippen LogP contribution in [-0.2, 0) is 0 Å². The Morgan fingerprint density at radius 1 is 1.29 bits per heavy atom. The number of aryl methyl sites for hydroxylation is 1. The zero-order chi connectivity index (χ0) is 9.97. The van der Waals surface area contributed by atoms with Gasteiger partial charge in [-0.05, 0) is 19.1 Å². The van der Waals surface area contributed by atoms with Crippen LogP contribution in [0.1, 0.15) is 15.4 Å². The van der Waals surface area contributed by atoms with Crippen molar-refractivity contribution < 1.29 is 4.79 Å². The molecule has 2 rings (SSSR count). The number of carbonyl (C=O) groups is 1. The minimum atomic E-state index is 0.593. The lowest BCUT2D eigenvalue weighted by Crippen LogP contribution is -1.83. The van der Waals surface area contributed by atoms with Gasteiger partial charge in [0.25, 0.3) is 0 Å². The van der Waals surface area contributed by atoms with E-state index in [2.05, 4.69) is 9.97 Å². The lowest BCUT2D eigenvalue weighted by Gasteiger charge is -1.94. The summed E-state index contributed by atoms with van der Waals surface area (Å²) in [6, 6.07) is 3.58. The molecule has 2 aromatic heterocycles. The number of pyridine rings is 1. The molecule has 0 saturated carbocycles. The van der Waals surface area contributed by atoms with Gasteiger partial charge in [0, 0.05) is 18.0 Å². The van der Waals surface area contributed by atoms with E-state index >= 15 is 0 Å². The Morgan fingerprint density at radius 3 is 2.64 bits per heavy atom. The van der Waals surface area contributed by atoms with Crippen molar-refractivity contribution in [2.45, 2.75) is 6.92 Å². The number of hydrogen-bond acceptors (Lipinski definition) is 4. The molecule has 4 heteroatoms. The number of rotatable bonds is 2. The van der Waals surface area contributed by atoms with Gasteiger partial charge >= 0.3 is 0 Å². The monoisotopic (exact) mass is 204 g/mol. The van der Waals surface area contributed by atoms with Gasteiger partial charge in [0.05, 0.1) is 15.6 Å². The third-order valence-corrected chi connectivity index (χ3v) is 2.73. The highest BCUT2D eigenvalue weighted by Gasteiger charge is 2.02. The Labute approximate surface area is 85.5 Å². The Bertz CT molecular complexity index is 447. The molecule has 0 unspecified atom stereocenters. The molecule has 0 N–H and O–H groups in total. The smallest absolute Gasteiger partial charge is 0.151 e. The van der Waals surface area contributed by atoms with Gasteiger partial charge in [-0.3, -0.25) is 9.78 Å². The van der Waals surface area contributed by atoms with Crippen LogP contribution in [0.15, 0.2) is 24.5 Å².